The molecule has 0 unspecified atom stereocenters. The minimum Gasteiger partial charge on any atom is -0.456 e. The lowest BCUT2D eigenvalue weighted by atomic mass is 9.54. The van der Waals surface area contributed by atoms with E-state index in [0.29, 0.717) is 30.4 Å². The van der Waals surface area contributed by atoms with Crippen molar-refractivity contribution in [3.05, 3.63) is 89.3 Å². The third-order valence-electron chi connectivity index (χ3n) is 11.1. The molecule has 3 N–H and O–H groups in total. The number of nitrogens with zero attached hydrogens (tertiary/aromatic N) is 2. The van der Waals surface area contributed by atoms with Crippen LogP contribution in [0.2, 0.25) is 0 Å². The van der Waals surface area contributed by atoms with Crippen LogP contribution in [0.15, 0.2) is 65.2 Å². The van der Waals surface area contributed by atoms with Gasteiger partial charge in [0.15, 0.2) is 5.69 Å². The largest absolute Gasteiger partial charge is 0.456 e. The van der Waals surface area contributed by atoms with E-state index >= 15 is 0 Å². The Balaban J connectivity index is 1.10. The number of oxazole rings is 1. The van der Waals surface area contributed by atoms with Gasteiger partial charge in [0.05, 0.1) is 0 Å². The molecule has 0 radical (unpaired) electrons. The predicted molar refractivity (Wildman–Crippen MR) is 190 cm³/mol. The number of fused-ring (bicyclic) bond motifs is 1. The van der Waals surface area contributed by atoms with Gasteiger partial charge in [-0.05, 0) is 92.2 Å². The molecule has 2 atom stereocenters. The fraction of sp³-hybridized carbons (Fsp3) is 0.500. The molecule has 4 fully saturated rings. The third-order valence-corrected chi connectivity index (χ3v) is 11.1. The summed E-state index contributed by atoms with van der Waals surface area (Å²) >= 11 is 0. The molecule has 2 aromatic carbocycles. The number of hydrogen-bond donors (Lipinski definition) is 3. The minimum absolute atomic E-state index is 0.0694. The van der Waals surface area contributed by atoms with Crippen LogP contribution in [0.4, 0.5) is 4.79 Å². The number of urea groups is 1. The lowest BCUT2D eigenvalue weighted by molar-refractivity contribution is -0.124. The van der Waals surface area contributed by atoms with E-state index in [1.54, 1.807) is 6.92 Å². The van der Waals surface area contributed by atoms with Crippen LogP contribution in [-0.4, -0.2) is 39.5 Å². The van der Waals surface area contributed by atoms with Gasteiger partial charge in [0.2, 0.25) is 11.8 Å². The first kappa shape index (κ1) is 33.9. The Morgan fingerprint density at radius 1 is 0.940 bits per heavy atom. The zero-order chi connectivity index (χ0) is 34.9. The van der Waals surface area contributed by atoms with Crippen LogP contribution in [0.3, 0.4) is 0 Å². The van der Waals surface area contributed by atoms with Crippen molar-refractivity contribution < 1.29 is 23.5 Å². The number of aromatic nitrogens is 2. The van der Waals surface area contributed by atoms with Crippen molar-refractivity contribution in [2.24, 2.45) is 36.6 Å². The normalized spacial score (nSPS) is 23.5. The molecule has 264 valence electrons. The SMILES string of the molecule is Cc1oc([C@@H](Cc2cn(C)c3ccccc23)NC(=O)[C@H](CC(C)C)NC(=O)NC2C3CC4CC(C3)CC2C4)nc1C(=O)OCc1ccccc1. The number of hydrogen-bond acceptors (Lipinski definition) is 6. The van der Waals surface area contributed by atoms with Gasteiger partial charge < -0.3 is 29.7 Å². The molecule has 0 saturated heterocycles. The Morgan fingerprint density at radius 3 is 2.32 bits per heavy atom. The van der Waals surface area contributed by atoms with E-state index < -0.39 is 18.1 Å². The molecule has 0 spiro atoms. The molecular weight excluding hydrogens is 630 g/mol. The highest BCUT2D eigenvalue weighted by Crippen LogP contribution is 2.53. The standard InChI is InChI=1S/C40H49N5O5/c1-23(2)14-32(42-40(48)44-36-28-16-26-15-27(18-28)19-29(36)17-26)37(46)41-33(20-30-21-45(4)34-13-9-8-12-31(30)34)38-43-35(24(3)50-38)39(47)49-22-25-10-6-5-7-11-25/h5-13,21,23,26-29,32-33,36H,14-20,22H2,1-4H3,(H,41,46)(H2,42,44,48)/t26?,27?,28?,29?,32-,33+,36?/m0/s1. The molecule has 0 aliphatic heterocycles. The first-order valence-electron chi connectivity index (χ1n) is 18.2. The van der Waals surface area contributed by atoms with E-state index in [9.17, 15) is 14.4 Å². The number of nitrogens with one attached hydrogen (secondary N) is 3. The summed E-state index contributed by atoms with van der Waals surface area (Å²) in [5, 5.41) is 10.5. The van der Waals surface area contributed by atoms with Gasteiger partial charge in [-0.15, -0.1) is 0 Å². The molecule has 4 bridgehead atoms. The summed E-state index contributed by atoms with van der Waals surface area (Å²) < 4.78 is 13.7. The number of para-hydroxylation sites is 1. The van der Waals surface area contributed by atoms with Gasteiger partial charge >= 0.3 is 12.0 Å². The average molecular weight is 680 g/mol. The summed E-state index contributed by atoms with van der Waals surface area (Å²) in [4.78, 5) is 45.4. The van der Waals surface area contributed by atoms with Gasteiger partial charge in [-0.3, -0.25) is 4.79 Å². The summed E-state index contributed by atoms with van der Waals surface area (Å²) in [5.41, 5.74) is 2.98. The Bertz CT molecular complexity index is 1820. The monoisotopic (exact) mass is 679 g/mol. The maximum atomic E-state index is 14.2. The highest BCUT2D eigenvalue weighted by atomic mass is 16.5. The van der Waals surface area contributed by atoms with Crippen LogP contribution < -0.4 is 16.0 Å². The topological polar surface area (TPSA) is 127 Å². The first-order chi connectivity index (χ1) is 24.1. The molecule has 4 aromatic rings. The Labute approximate surface area is 293 Å². The number of ether oxygens (including phenoxy) is 1. The van der Waals surface area contributed by atoms with Crippen molar-refractivity contribution in [1.82, 2.24) is 25.5 Å². The second-order valence-corrected chi connectivity index (χ2v) is 15.3. The molecule has 3 amide bonds. The van der Waals surface area contributed by atoms with Crippen LogP contribution in [0.25, 0.3) is 10.9 Å². The summed E-state index contributed by atoms with van der Waals surface area (Å²) in [5.74, 6) is 2.41. The highest BCUT2D eigenvalue weighted by molar-refractivity contribution is 5.89. The first-order valence-corrected chi connectivity index (χ1v) is 18.2. The van der Waals surface area contributed by atoms with E-state index in [4.69, 9.17) is 9.15 Å². The van der Waals surface area contributed by atoms with Crippen LogP contribution in [0.5, 0.6) is 0 Å². The molecule has 10 heteroatoms. The Morgan fingerprint density at radius 2 is 1.62 bits per heavy atom. The molecule has 10 nitrogen and oxygen atoms in total. The predicted octanol–water partition coefficient (Wildman–Crippen LogP) is 6.77. The van der Waals surface area contributed by atoms with Gasteiger partial charge in [0.25, 0.3) is 0 Å². The van der Waals surface area contributed by atoms with E-state index in [1.165, 1.54) is 32.1 Å². The number of rotatable bonds is 12. The molecule has 4 saturated carbocycles. The van der Waals surface area contributed by atoms with Crippen molar-refractivity contribution in [2.45, 2.75) is 90.4 Å². The third kappa shape index (κ3) is 7.30. The van der Waals surface area contributed by atoms with E-state index in [1.807, 2.05) is 86.3 Å². The molecule has 4 aliphatic carbocycles. The number of amides is 3. The average Bonchev–Trinajstić information content (AvgIpc) is 3.63. The molecule has 2 heterocycles. The van der Waals surface area contributed by atoms with Crippen molar-refractivity contribution in [2.75, 3.05) is 0 Å². The van der Waals surface area contributed by atoms with Gasteiger partial charge in [0.1, 0.15) is 24.5 Å². The van der Waals surface area contributed by atoms with Gasteiger partial charge in [-0.1, -0.05) is 62.4 Å². The zero-order valence-corrected chi connectivity index (χ0v) is 29.5. The van der Waals surface area contributed by atoms with Gasteiger partial charge in [-0.25, -0.2) is 14.6 Å². The van der Waals surface area contributed by atoms with Crippen LogP contribution in [0, 0.1) is 36.5 Å². The van der Waals surface area contributed by atoms with Gasteiger partial charge in [-0.2, -0.15) is 0 Å². The molecule has 50 heavy (non-hydrogen) atoms. The van der Waals surface area contributed by atoms with E-state index in [-0.39, 0.29) is 42.1 Å². The van der Waals surface area contributed by atoms with Crippen LogP contribution in [-0.2, 0) is 29.6 Å². The molecular formula is C40H49N5O5. The molecule has 4 aliphatic rings. The van der Waals surface area contributed by atoms with E-state index in [2.05, 4.69) is 20.9 Å². The Kier molecular flexibility index (Phi) is 9.71. The van der Waals surface area contributed by atoms with Crippen LogP contribution >= 0.6 is 0 Å². The fourth-order valence-corrected chi connectivity index (χ4v) is 9.04. The quantitative estimate of drug-likeness (QED) is 0.142. The number of carbonyl (C=O) groups is 3. The van der Waals surface area contributed by atoms with Crippen molar-refractivity contribution >= 4 is 28.8 Å². The summed E-state index contributed by atoms with van der Waals surface area (Å²) in [6.07, 6.45) is 8.99. The number of aryl methyl sites for hydroxylation is 2. The van der Waals surface area contributed by atoms with Crippen molar-refractivity contribution in [1.29, 1.82) is 0 Å². The Hall–Kier alpha value is -4.60. The summed E-state index contributed by atoms with van der Waals surface area (Å²) in [6.45, 7) is 5.85. The zero-order valence-electron chi connectivity index (χ0n) is 29.5. The van der Waals surface area contributed by atoms with Crippen LogP contribution in [0.1, 0.15) is 91.7 Å². The second kappa shape index (κ2) is 14.3. The smallest absolute Gasteiger partial charge is 0.360 e. The number of carbonyl (C=O) groups excluding carboxylic acids is 3. The maximum absolute atomic E-state index is 14.2. The second-order valence-electron chi connectivity index (χ2n) is 15.3. The summed E-state index contributed by atoms with van der Waals surface area (Å²) in [7, 11) is 1.99. The van der Waals surface area contributed by atoms with Gasteiger partial charge in [0, 0.05) is 36.6 Å². The lowest BCUT2D eigenvalue weighted by Gasteiger charge is -2.54. The lowest BCUT2D eigenvalue weighted by Crippen LogP contribution is -2.59. The van der Waals surface area contributed by atoms with Crippen molar-refractivity contribution in [3.8, 4) is 0 Å². The highest BCUT2D eigenvalue weighted by Gasteiger charge is 2.48. The fourth-order valence-electron chi connectivity index (χ4n) is 9.04. The minimum atomic E-state index is -0.770. The van der Waals surface area contributed by atoms with E-state index in [0.717, 1.165) is 33.9 Å². The molecule has 2 aromatic heterocycles. The maximum Gasteiger partial charge on any atom is 0.360 e. The summed E-state index contributed by atoms with van der Waals surface area (Å²) in [6, 6.07) is 15.9. The number of esters is 1. The van der Waals surface area contributed by atoms with Crippen molar-refractivity contribution in [3.63, 3.8) is 0 Å². The molecule has 8 rings (SSSR count). The number of benzene rings is 2.